The second kappa shape index (κ2) is 6.41. The Morgan fingerprint density at radius 2 is 2.14 bits per heavy atom. The van der Waals surface area contributed by atoms with E-state index in [1.54, 1.807) is 12.1 Å². The summed E-state index contributed by atoms with van der Waals surface area (Å²) in [7, 11) is 0. The van der Waals surface area contributed by atoms with Gasteiger partial charge in [0.25, 0.3) is 5.91 Å². The maximum Gasteiger partial charge on any atom is 0.291 e. The van der Waals surface area contributed by atoms with E-state index in [0.717, 1.165) is 28.9 Å². The highest BCUT2D eigenvalue weighted by Crippen LogP contribution is 2.26. The average Bonchev–Trinajstić information content (AvgIpc) is 2.94. The van der Waals surface area contributed by atoms with Gasteiger partial charge < -0.3 is 20.8 Å². The molecule has 0 atom stereocenters. The summed E-state index contributed by atoms with van der Waals surface area (Å²) in [4.78, 5) is 12.1. The minimum atomic E-state index is -0.271. The van der Waals surface area contributed by atoms with Gasteiger partial charge in [-0.3, -0.25) is 4.79 Å². The van der Waals surface area contributed by atoms with E-state index >= 15 is 0 Å². The van der Waals surface area contributed by atoms with E-state index in [2.05, 4.69) is 10.6 Å². The first-order valence-electron chi connectivity index (χ1n) is 6.56. The van der Waals surface area contributed by atoms with Gasteiger partial charge in [-0.05, 0) is 61.0 Å². The minimum Gasteiger partial charge on any atom is -0.459 e. The summed E-state index contributed by atoms with van der Waals surface area (Å²) in [5.41, 5.74) is 9.00. The largest absolute Gasteiger partial charge is 0.459 e. The standard InChI is InChI=1S/C15H17N3O2S/c1-3-10-8-11(17-15(16)21)7-9(2)13(10)18-14(19)12-5-4-6-20-12/h4-8H,3H2,1-2H3,(H,18,19)(H3,16,17,21). The summed E-state index contributed by atoms with van der Waals surface area (Å²) in [5.74, 6) is 0.00893. The van der Waals surface area contributed by atoms with E-state index in [4.69, 9.17) is 22.4 Å². The Bertz CT molecular complexity index is 666. The van der Waals surface area contributed by atoms with Crippen LogP contribution in [0, 0.1) is 6.92 Å². The van der Waals surface area contributed by atoms with Crippen molar-refractivity contribution in [3.05, 3.63) is 47.4 Å². The highest BCUT2D eigenvalue weighted by atomic mass is 32.1. The second-order valence-electron chi connectivity index (χ2n) is 4.60. The molecule has 1 aromatic carbocycles. The Hall–Kier alpha value is -2.34. The molecular weight excluding hydrogens is 286 g/mol. The molecule has 0 fully saturated rings. The van der Waals surface area contributed by atoms with Crippen LogP contribution in [-0.2, 0) is 6.42 Å². The summed E-state index contributed by atoms with van der Waals surface area (Å²) in [6.45, 7) is 3.93. The molecule has 0 aliphatic heterocycles. The predicted octanol–water partition coefficient (Wildman–Crippen LogP) is 3.06. The Labute approximate surface area is 128 Å². The van der Waals surface area contributed by atoms with Gasteiger partial charge >= 0.3 is 0 Å². The van der Waals surface area contributed by atoms with Crippen molar-refractivity contribution in [2.45, 2.75) is 20.3 Å². The van der Waals surface area contributed by atoms with Crippen LogP contribution in [0.2, 0.25) is 0 Å². The van der Waals surface area contributed by atoms with E-state index < -0.39 is 0 Å². The number of benzene rings is 1. The van der Waals surface area contributed by atoms with Gasteiger partial charge in [0, 0.05) is 11.4 Å². The van der Waals surface area contributed by atoms with Crippen molar-refractivity contribution in [3.8, 4) is 0 Å². The fourth-order valence-corrected chi connectivity index (χ4v) is 2.23. The number of nitrogens with two attached hydrogens (primary N) is 1. The van der Waals surface area contributed by atoms with Crippen LogP contribution in [0.3, 0.4) is 0 Å². The molecule has 0 aliphatic rings. The molecule has 5 nitrogen and oxygen atoms in total. The minimum absolute atomic E-state index is 0.212. The zero-order valence-corrected chi connectivity index (χ0v) is 12.7. The van der Waals surface area contributed by atoms with Gasteiger partial charge in [0.05, 0.1) is 6.26 Å². The number of anilines is 2. The van der Waals surface area contributed by atoms with Crippen molar-refractivity contribution in [2.24, 2.45) is 5.73 Å². The number of thiocarbonyl (C=S) groups is 1. The van der Waals surface area contributed by atoms with Gasteiger partial charge in [0.1, 0.15) is 0 Å². The molecule has 0 bridgehead atoms. The quantitative estimate of drug-likeness (QED) is 0.756. The first-order valence-corrected chi connectivity index (χ1v) is 6.97. The highest BCUT2D eigenvalue weighted by molar-refractivity contribution is 7.80. The highest BCUT2D eigenvalue weighted by Gasteiger charge is 2.14. The first-order chi connectivity index (χ1) is 10.0. The molecule has 4 N–H and O–H groups in total. The van der Waals surface area contributed by atoms with Gasteiger partial charge in [0.2, 0.25) is 0 Å². The maximum absolute atomic E-state index is 12.1. The van der Waals surface area contributed by atoms with Gasteiger partial charge in [0.15, 0.2) is 10.9 Å². The molecule has 0 unspecified atom stereocenters. The van der Waals surface area contributed by atoms with Crippen molar-refractivity contribution >= 4 is 34.6 Å². The molecule has 2 rings (SSSR count). The summed E-state index contributed by atoms with van der Waals surface area (Å²) >= 11 is 4.84. The summed E-state index contributed by atoms with van der Waals surface area (Å²) < 4.78 is 5.10. The molecule has 0 spiro atoms. The van der Waals surface area contributed by atoms with Crippen LogP contribution >= 0.6 is 12.2 Å². The monoisotopic (exact) mass is 303 g/mol. The van der Waals surface area contributed by atoms with Crippen LogP contribution in [-0.4, -0.2) is 11.0 Å². The normalized spacial score (nSPS) is 10.2. The number of carbonyl (C=O) groups is 1. The molecule has 6 heteroatoms. The molecule has 110 valence electrons. The van der Waals surface area contributed by atoms with E-state index in [0.29, 0.717) is 0 Å². The fraction of sp³-hybridized carbons (Fsp3) is 0.200. The zero-order valence-electron chi connectivity index (χ0n) is 11.9. The lowest BCUT2D eigenvalue weighted by Gasteiger charge is -2.15. The van der Waals surface area contributed by atoms with Crippen LogP contribution in [0.5, 0.6) is 0 Å². The lowest BCUT2D eigenvalue weighted by molar-refractivity contribution is 0.0996. The third-order valence-corrected chi connectivity index (χ3v) is 3.15. The molecule has 0 radical (unpaired) electrons. The van der Waals surface area contributed by atoms with Crippen molar-refractivity contribution in [1.29, 1.82) is 0 Å². The van der Waals surface area contributed by atoms with Crippen molar-refractivity contribution in [1.82, 2.24) is 0 Å². The number of hydrogen-bond donors (Lipinski definition) is 3. The van der Waals surface area contributed by atoms with Crippen molar-refractivity contribution < 1.29 is 9.21 Å². The number of hydrogen-bond acceptors (Lipinski definition) is 3. The molecule has 0 aliphatic carbocycles. The van der Waals surface area contributed by atoms with Gasteiger partial charge in [-0.15, -0.1) is 0 Å². The summed E-state index contributed by atoms with van der Waals surface area (Å²) in [6.07, 6.45) is 2.24. The Morgan fingerprint density at radius 1 is 1.38 bits per heavy atom. The van der Waals surface area contributed by atoms with Crippen molar-refractivity contribution in [2.75, 3.05) is 10.6 Å². The average molecular weight is 303 g/mol. The lowest BCUT2D eigenvalue weighted by atomic mass is 10.0. The van der Waals surface area contributed by atoms with E-state index in [1.165, 1.54) is 6.26 Å². The van der Waals surface area contributed by atoms with Crippen molar-refractivity contribution in [3.63, 3.8) is 0 Å². The van der Waals surface area contributed by atoms with E-state index in [9.17, 15) is 4.79 Å². The number of amides is 1. The molecule has 2 aromatic rings. The topological polar surface area (TPSA) is 80.3 Å². The zero-order chi connectivity index (χ0) is 15.4. The van der Waals surface area contributed by atoms with Gasteiger partial charge in [-0.1, -0.05) is 6.92 Å². The Balaban J connectivity index is 2.30. The Morgan fingerprint density at radius 3 is 2.71 bits per heavy atom. The lowest BCUT2D eigenvalue weighted by Crippen LogP contribution is -2.19. The SMILES string of the molecule is CCc1cc(NC(N)=S)cc(C)c1NC(=O)c1ccco1. The maximum atomic E-state index is 12.1. The number of nitrogens with one attached hydrogen (secondary N) is 2. The number of furan rings is 1. The van der Waals surface area contributed by atoms with Crippen LogP contribution in [0.1, 0.15) is 28.6 Å². The van der Waals surface area contributed by atoms with E-state index in [1.807, 2.05) is 26.0 Å². The van der Waals surface area contributed by atoms with E-state index in [-0.39, 0.29) is 16.8 Å². The molecule has 1 aromatic heterocycles. The van der Waals surface area contributed by atoms with Gasteiger partial charge in [-0.2, -0.15) is 0 Å². The third-order valence-electron chi connectivity index (χ3n) is 3.05. The molecule has 21 heavy (non-hydrogen) atoms. The molecule has 0 saturated heterocycles. The van der Waals surface area contributed by atoms with Gasteiger partial charge in [-0.25, -0.2) is 0 Å². The Kier molecular flexibility index (Phi) is 4.59. The van der Waals surface area contributed by atoms with Crippen LogP contribution in [0.25, 0.3) is 0 Å². The molecule has 1 amide bonds. The van der Waals surface area contributed by atoms with Crippen LogP contribution in [0.4, 0.5) is 11.4 Å². The smallest absolute Gasteiger partial charge is 0.291 e. The number of rotatable bonds is 4. The summed E-state index contributed by atoms with van der Waals surface area (Å²) in [5, 5.41) is 6.01. The summed E-state index contributed by atoms with van der Waals surface area (Å²) in [6, 6.07) is 7.11. The number of aryl methyl sites for hydroxylation is 2. The fourth-order valence-electron chi connectivity index (χ4n) is 2.12. The predicted molar refractivity (Wildman–Crippen MR) is 87.6 cm³/mol. The van der Waals surface area contributed by atoms with Crippen LogP contribution < -0.4 is 16.4 Å². The second-order valence-corrected chi connectivity index (χ2v) is 5.04. The molecule has 1 heterocycles. The van der Waals surface area contributed by atoms with Crippen LogP contribution in [0.15, 0.2) is 34.9 Å². The third kappa shape index (κ3) is 3.61. The first kappa shape index (κ1) is 15.1. The number of carbonyl (C=O) groups excluding carboxylic acids is 1. The molecular formula is C15H17N3O2S. The molecule has 0 saturated carbocycles.